The fourth-order valence-corrected chi connectivity index (χ4v) is 1.68. The first-order chi connectivity index (χ1) is 8.31. The van der Waals surface area contributed by atoms with Gasteiger partial charge in [-0.3, -0.25) is 4.98 Å². The van der Waals surface area contributed by atoms with Crippen LogP contribution in [0.2, 0.25) is 0 Å². The molecular formula is C12H13FN4. The van der Waals surface area contributed by atoms with Crippen molar-refractivity contribution in [1.29, 1.82) is 0 Å². The average molecular weight is 232 g/mol. The summed E-state index contributed by atoms with van der Waals surface area (Å²) in [5, 5.41) is 3.26. The van der Waals surface area contributed by atoms with Crippen molar-refractivity contribution in [3.63, 3.8) is 0 Å². The molecule has 2 aromatic rings. The lowest BCUT2D eigenvalue weighted by atomic mass is 10.0. The lowest BCUT2D eigenvalue weighted by Crippen LogP contribution is -2.22. The predicted octanol–water partition coefficient (Wildman–Crippen LogP) is 1.71. The molecule has 0 aromatic carbocycles. The third-order valence-electron chi connectivity index (χ3n) is 2.38. The van der Waals surface area contributed by atoms with Crippen LogP contribution in [0.4, 0.5) is 4.39 Å². The Morgan fingerprint density at radius 2 is 1.82 bits per heavy atom. The molecule has 0 aliphatic heterocycles. The molecule has 0 amide bonds. The Kier molecular flexibility index (Phi) is 3.72. The lowest BCUT2D eigenvalue weighted by Gasteiger charge is -2.17. The van der Waals surface area contributed by atoms with Crippen molar-refractivity contribution in [2.75, 3.05) is 6.54 Å². The smallest absolute Gasteiger partial charge is 0.141 e. The van der Waals surface area contributed by atoms with Crippen molar-refractivity contribution in [3.05, 3.63) is 54.1 Å². The quantitative estimate of drug-likeness (QED) is 0.871. The van der Waals surface area contributed by atoms with Crippen LogP contribution in [0, 0.1) is 5.82 Å². The largest absolute Gasteiger partial charge is 0.306 e. The van der Waals surface area contributed by atoms with E-state index in [0.717, 1.165) is 17.7 Å². The molecule has 0 radical (unpaired) electrons. The highest BCUT2D eigenvalue weighted by molar-refractivity contribution is 5.26. The Morgan fingerprint density at radius 1 is 1.12 bits per heavy atom. The van der Waals surface area contributed by atoms with E-state index in [1.165, 1.54) is 18.6 Å². The van der Waals surface area contributed by atoms with Gasteiger partial charge >= 0.3 is 0 Å². The van der Waals surface area contributed by atoms with Gasteiger partial charge in [-0.1, -0.05) is 6.92 Å². The van der Waals surface area contributed by atoms with Crippen LogP contribution in [0.15, 0.2) is 37.2 Å². The number of nitrogens with one attached hydrogen (secondary N) is 1. The van der Waals surface area contributed by atoms with Gasteiger partial charge in [0, 0.05) is 24.2 Å². The van der Waals surface area contributed by atoms with Crippen LogP contribution >= 0.6 is 0 Å². The molecule has 2 rings (SSSR count). The van der Waals surface area contributed by atoms with Gasteiger partial charge in [-0.25, -0.2) is 14.4 Å². The van der Waals surface area contributed by atoms with Crippen molar-refractivity contribution in [2.45, 2.75) is 13.0 Å². The normalized spacial score (nSPS) is 12.4. The Morgan fingerprint density at radius 3 is 2.47 bits per heavy atom. The predicted molar refractivity (Wildman–Crippen MR) is 61.7 cm³/mol. The zero-order valence-electron chi connectivity index (χ0n) is 9.47. The Bertz CT molecular complexity index is 475. The minimum atomic E-state index is -0.345. The second-order valence-electron chi connectivity index (χ2n) is 3.60. The first-order valence-electron chi connectivity index (χ1n) is 5.40. The summed E-state index contributed by atoms with van der Waals surface area (Å²) in [5.41, 5.74) is 1.66. The van der Waals surface area contributed by atoms with Crippen LogP contribution < -0.4 is 5.32 Å². The van der Waals surface area contributed by atoms with Crippen LogP contribution in [0.25, 0.3) is 0 Å². The first-order valence-corrected chi connectivity index (χ1v) is 5.40. The second kappa shape index (κ2) is 5.45. The Labute approximate surface area is 99.0 Å². The number of nitrogens with zero attached hydrogens (tertiary/aromatic N) is 3. The van der Waals surface area contributed by atoms with E-state index in [9.17, 15) is 4.39 Å². The van der Waals surface area contributed by atoms with Crippen LogP contribution in [0.1, 0.15) is 24.1 Å². The maximum atomic E-state index is 13.2. The van der Waals surface area contributed by atoms with Crippen molar-refractivity contribution in [1.82, 2.24) is 20.3 Å². The second-order valence-corrected chi connectivity index (χ2v) is 3.60. The summed E-state index contributed by atoms with van der Waals surface area (Å²) < 4.78 is 13.2. The highest BCUT2D eigenvalue weighted by Gasteiger charge is 2.14. The van der Waals surface area contributed by atoms with Gasteiger partial charge < -0.3 is 5.32 Å². The van der Waals surface area contributed by atoms with Crippen LogP contribution in [0.5, 0.6) is 0 Å². The summed E-state index contributed by atoms with van der Waals surface area (Å²) in [7, 11) is 0. The van der Waals surface area contributed by atoms with Gasteiger partial charge in [0.25, 0.3) is 0 Å². The van der Waals surface area contributed by atoms with Gasteiger partial charge in [-0.05, 0) is 18.2 Å². The highest BCUT2D eigenvalue weighted by atomic mass is 19.1. The monoisotopic (exact) mass is 232 g/mol. The molecule has 0 saturated carbocycles. The number of pyridine rings is 1. The molecule has 0 aliphatic carbocycles. The fraction of sp³-hybridized carbons (Fsp3) is 0.250. The number of rotatable bonds is 4. The van der Waals surface area contributed by atoms with E-state index < -0.39 is 0 Å². The first kappa shape index (κ1) is 11.6. The number of aromatic nitrogens is 3. The topological polar surface area (TPSA) is 50.7 Å². The number of halogens is 1. The molecule has 1 atom stereocenters. The molecule has 0 bridgehead atoms. The number of hydrogen-bond donors (Lipinski definition) is 1. The Balaban J connectivity index is 2.35. The average Bonchev–Trinajstić information content (AvgIpc) is 2.37. The molecule has 1 N–H and O–H groups in total. The van der Waals surface area contributed by atoms with Crippen molar-refractivity contribution in [2.24, 2.45) is 0 Å². The summed E-state index contributed by atoms with van der Waals surface area (Å²) in [6, 6.07) is 1.33. The third kappa shape index (κ3) is 2.82. The van der Waals surface area contributed by atoms with Crippen LogP contribution in [0.3, 0.4) is 0 Å². The van der Waals surface area contributed by atoms with Gasteiger partial charge in [-0.2, -0.15) is 0 Å². The molecule has 88 valence electrons. The van der Waals surface area contributed by atoms with E-state index in [1.54, 1.807) is 18.6 Å². The molecule has 17 heavy (non-hydrogen) atoms. The van der Waals surface area contributed by atoms with Gasteiger partial charge in [-0.15, -0.1) is 0 Å². The minimum absolute atomic E-state index is 0.135. The maximum absolute atomic E-state index is 13.2. The highest BCUT2D eigenvalue weighted by Crippen LogP contribution is 2.20. The summed E-state index contributed by atoms with van der Waals surface area (Å²) in [6.07, 6.45) is 7.73. The molecule has 4 nitrogen and oxygen atoms in total. The molecule has 0 aliphatic rings. The van der Waals surface area contributed by atoms with E-state index in [2.05, 4.69) is 20.3 Å². The molecule has 0 saturated heterocycles. The van der Waals surface area contributed by atoms with Gasteiger partial charge in [0.15, 0.2) is 0 Å². The van der Waals surface area contributed by atoms with E-state index in [0.29, 0.717) is 0 Å². The summed E-state index contributed by atoms with van der Waals surface area (Å²) in [6.45, 7) is 2.75. The van der Waals surface area contributed by atoms with Crippen molar-refractivity contribution in [3.8, 4) is 0 Å². The molecule has 0 spiro atoms. The zero-order valence-corrected chi connectivity index (χ0v) is 9.47. The number of hydrogen-bond acceptors (Lipinski definition) is 4. The van der Waals surface area contributed by atoms with E-state index in [1.807, 2.05) is 6.92 Å². The Hall–Kier alpha value is -1.88. The van der Waals surface area contributed by atoms with Gasteiger partial charge in [0.05, 0.1) is 12.2 Å². The summed E-state index contributed by atoms with van der Waals surface area (Å²) in [4.78, 5) is 11.8. The third-order valence-corrected chi connectivity index (χ3v) is 2.38. The zero-order chi connectivity index (χ0) is 12.1. The molecule has 2 aromatic heterocycles. The van der Waals surface area contributed by atoms with Crippen LogP contribution in [-0.2, 0) is 0 Å². The molecule has 5 heteroatoms. The molecular weight excluding hydrogens is 219 g/mol. The standard InChI is InChI=1S/C12H13FN4/c1-2-17-12(10-5-15-8-16-6-10)9-3-11(13)7-14-4-9/h3-8,12,17H,2H2,1H3. The van der Waals surface area contributed by atoms with E-state index in [4.69, 9.17) is 0 Å². The van der Waals surface area contributed by atoms with Crippen molar-refractivity contribution >= 4 is 0 Å². The molecule has 2 heterocycles. The lowest BCUT2D eigenvalue weighted by molar-refractivity contribution is 0.594. The van der Waals surface area contributed by atoms with Gasteiger partial charge in [0.2, 0.25) is 0 Å². The summed E-state index contributed by atoms with van der Waals surface area (Å²) in [5.74, 6) is -0.345. The van der Waals surface area contributed by atoms with E-state index >= 15 is 0 Å². The summed E-state index contributed by atoms with van der Waals surface area (Å²) >= 11 is 0. The fourth-order valence-electron chi connectivity index (χ4n) is 1.68. The SMILES string of the molecule is CCNC(c1cncnc1)c1cncc(F)c1. The van der Waals surface area contributed by atoms with Gasteiger partial charge in [0.1, 0.15) is 12.1 Å². The molecule has 0 fully saturated rings. The molecule has 1 unspecified atom stereocenters. The van der Waals surface area contributed by atoms with Crippen LogP contribution in [-0.4, -0.2) is 21.5 Å². The minimum Gasteiger partial charge on any atom is -0.306 e. The van der Waals surface area contributed by atoms with Crippen molar-refractivity contribution < 1.29 is 4.39 Å². The van der Waals surface area contributed by atoms with E-state index in [-0.39, 0.29) is 11.9 Å². The maximum Gasteiger partial charge on any atom is 0.141 e.